The van der Waals surface area contributed by atoms with E-state index in [1.54, 1.807) is 6.92 Å². The molecular weight excluding hydrogens is 280 g/mol. The Morgan fingerprint density at radius 3 is 2.73 bits per heavy atom. The van der Waals surface area contributed by atoms with Crippen LogP contribution in [0.2, 0.25) is 0 Å². The van der Waals surface area contributed by atoms with Crippen molar-refractivity contribution in [1.82, 2.24) is 10.2 Å². The number of ketones is 1. The fourth-order valence-electron chi connectivity index (χ4n) is 3.25. The molecule has 3 rings (SSSR count). The third kappa shape index (κ3) is 2.30. The van der Waals surface area contributed by atoms with Crippen LogP contribution in [0.5, 0.6) is 0 Å². The number of carbonyl (C=O) groups excluding carboxylic acids is 3. The van der Waals surface area contributed by atoms with Gasteiger partial charge in [0, 0.05) is 13.0 Å². The van der Waals surface area contributed by atoms with Gasteiger partial charge in [-0.05, 0) is 49.8 Å². The van der Waals surface area contributed by atoms with Crippen LogP contribution < -0.4 is 5.32 Å². The number of carbonyl (C=O) groups is 3. The van der Waals surface area contributed by atoms with E-state index in [1.165, 1.54) is 18.1 Å². The summed E-state index contributed by atoms with van der Waals surface area (Å²) in [5.74, 6) is -0.316. The van der Waals surface area contributed by atoms with Gasteiger partial charge in [-0.2, -0.15) is 0 Å². The number of hydrogen-bond donors (Lipinski definition) is 1. The van der Waals surface area contributed by atoms with E-state index in [9.17, 15) is 14.4 Å². The molecule has 1 saturated heterocycles. The van der Waals surface area contributed by atoms with E-state index < -0.39 is 11.6 Å². The summed E-state index contributed by atoms with van der Waals surface area (Å²) in [5, 5.41) is 2.79. The number of fused-ring (bicyclic) bond motifs is 1. The van der Waals surface area contributed by atoms with Crippen molar-refractivity contribution in [2.24, 2.45) is 0 Å². The summed E-state index contributed by atoms with van der Waals surface area (Å²) in [4.78, 5) is 37.0. The topological polar surface area (TPSA) is 66.5 Å². The molecule has 1 aromatic carbocycles. The molecule has 1 aromatic rings. The second-order valence-electron chi connectivity index (χ2n) is 6.30. The Morgan fingerprint density at radius 1 is 1.27 bits per heavy atom. The molecule has 0 radical (unpaired) electrons. The van der Waals surface area contributed by atoms with Gasteiger partial charge in [0.2, 0.25) is 0 Å². The third-order valence-electron chi connectivity index (χ3n) is 4.64. The van der Waals surface area contributed by atoms with E-state index in [4.69, 9.17) is 0 Å². The van der Waals surface area contributed by atoms with Crippen LogP contribution in [0.4, 0.5) is 4.79 Å². The predicted molar refractivity (Wildman–Crippen MR) is 81.4 cm³/mol. The standard InChI is InChI=1S/C17H20N2O3/c1-11(20)8-9-19-15(21)17(2,18-16(19)22)14-7-6-12-4-3-5-13(12)10-14/h6-7,10H,3-5,8-9H2,1-2H3,(H,18,22)/t17-/m0/s1. The Hall–Kier alpha value is -2.17. The number of urea groups is 1. The minimum Gasteiger partial charge on any atom is -0.319 e. The molecule has 2 aliphatic rings. The van der Waals surface area contributed by atoms with Crippen molar-refractivity contribution >= 4 is 17.7 Å². The number of aryl methyl sites for hydroxylation is 2. The first kappa shape index (κ1) is 14.8. The first-order valence-corrected chi connectivity index (χ1v) is 7.67. The van der Waals surface area contributed by atoms with Gasteiger partial charge in [0.05, 0.1) is 0 Å². The summed E-state index contributed by atoms with van der Waals surface area (Å²) < 4.78 is 0. The lowest BCUT2D eigenvalue weighted by Crippen LogP contribution is -2.41. The van der Waals surface area contributed by atoms with Gasteiger partial charge in [0.15, 0.2) is 0 Å². The second kappa shape index (κ2) is 5.23. The summed E-state index contributed by atoms with van der Waals surface area (Å²) in [7, 11) is 0. The first-order chi connectivity index (χ1) is 10.4. The van der Waals surface area contributed by atoms with Gasteiger partial charge in [-0.25, -0.2) is 4.79 Å². The highest BCUT2D eigenvalue weighted by Crippen LogP contribution is 2.32. The molecule has 1 fully saturated rings. The lowest BCUT2D eigenvalue weighted by atomic mass is 9.89. The molecule has 3 amide bonds. The smallest absolute Gasteiger partial charge is 0.319 e. The molecular formula is C17H20N2O3. The van der Waals surface area contributed by atoms with Gasteiger partial charge >= 0.3 is 6.03 Å². The number of amides is 3. The lowest BCUT2D eigenvalue weighted by molar-refractivity contribution is -0.131. The van der Waals surface area contributed by atoms with Gasteiger partial charge in [-0.1, -0.05) is 18.2 Å². The molecule has 1 aliphatic heterocycles. The molecule has 0 saturated carbocycles. The molecule has 1 N–H and O–H groups in total. The average molecular weight is 300 g/mol. The maximum absolute atomic E-state index is 12.7. The Kier molecular flexibility index (Phi) is 3.51. The highest BCUT2D eigenvalue weighted by molar-refractivity contribution is 6.07. The molecule has 0 unspecified atom stereocenters. The SMILES string of the molecule is CC(=O)CCN1C(=O)N[C@@](C)(c2ccc3c(c2)CCC3)C1=O. The maximum atomic E-state index is 12.7. The van der Waals surface area contributed by atoms with Crippen molar-refractivity contribution in [3.8, 4) is 0 Å². The van der Waals surface area contributed by atoms with Crippen molar-refractivity contribution in [1.29, 1.82) is 0 Å². The molecule has 5 nitrogen and oxygen atoms in total. The van der Waals surface area contributed by atoms with Gasteiger partial charge in [-0.15, -0.1) is 0 Å². The molecule has 0 aromatic heterocycles. The van der Waals surface area contributed by atoms with Crippen LogP contribution in [-0.4, -0.2) is 29.2 Å². The minimum absolute atomic E-state index is 0.0354. The lowest BCUT2D eigenvalue weighted by Gasteiger charge is -2.23. The summed E-state index contributed by atoms with van der Waals surface area (Å²) in [5.41, 5.74) is 2.38. The fraction of sp³-hybridized carbons (Fsp3) is 0.471. The zero-order valence-electron chi connectivity index (χ0n) is 12.9. The molecule has 5 heteroatoms. The van der Waals surface area contributed by atoms with Crippen LogP contribution >= 0.6 is 0 Å². The number of benzene rings is 1. The molecule has 1 aliphatic carbocycles. The van der Waals surface area contributed by atoms with Gasteiger partial charge in [0.25, 0.3) is 5.91 Å². The number of Topliss-reactive ketones (excluding diaryl/α,β-unsaturated/α-hetero) is 1. The zero-order valence-corrected chi connectivity index (χ0v) is 12.9. The van der Waals surface area contributed by atoms with E-state index in [0.717, 1.165) is 29.7 Å². The first-order valence-electron chi connectivity index (χ1n) is 7.67. The van der Waals surface area contributed by atoms with Crippen molar-refractivity contribution in [2.75, 3.05) is 6.54 Å². The van der Waals surface area contributed by atoms with E-state index in [2.05, 4.69) is 11.4 Å². The number of nitrogens with one attached hydrogen (secondary N) is 1. The summed E-state index contributed by atoms with van der Waals surface area (Å²) in [6, 6.07) is 5.60. The van der Waals surface area contributed by atoms with Crippen molar-refractivity contribution in [3.05, 3.63) is 34.9 Å². The van der Waals surface area contributed by atoms with Crippen LogP contribution in [0.1, 0.15) is 43.4 Å². The van der Waals surface area contributed by atoms with Gasteiger partial charge in [0.1, 0.15) is 11.3 Å². The highest BCUT2D eigenvalue weighted by atomic mass is 16.2. The van der Waals surface area contributed by atoms with Gasteiger partial charge < -0.3 is 5.32 Å². The van der Waals surface area contributed by atoms with Crippen molar-refractivity contribution < 1.29 is 14.4 Å². The third-order valence-corrected chi connectivity index (χ3v) is 4.64. The molecule has 116 valence electrons. The Balaban J connectivity index is 1.88. The summed E-state index contributed by atoms with van der Waals surface area (Å²) in [6.45, 7) is 3.33. The normalized spacial score (nSPS) is 23.6. The van der Waals surface area contributed by atoms with E-state index in [0.29, 0.717) is 0 Å². The Morgan fingerprint density at radius 2 is 2.00 bits per heavy atom. The Labute approximate surface area is 129 Å². The fourth-order valence-corrected chi connectivity index (χ4v) is 3.25. The van der Waals surface area contributed by atoms with Crippen LogP contribution in [-0.2, 0) is 28.0 Å². The molecule has 22 heavy (non-hydrogen) atoms. The number of imide groups is 1. The molecule has 1 atom stereocenters. The van der Waals surface area contributed by atoms with Crippen LogP contribution in [0.15, 0.2) is 18.2 Å². The molecule has 1 heterocycles. The zero-order chi connectivity index (χ0) is 15.9. The van der Waals surface area contributed by atoms with E-state index in [-0.39, 0.29) is 24.7 Å². The Bertz CT molecular complexity index is 668. The minimum atomic E-state index is -1.04. The number of rotatable bonds is 4. The monoisotopic (exact) mass is 300 g/mol. The predicted octanol–water partition coefficient (Wildman–Crippen LogP) is 1.92. The van der Waals surface area contributed by atoms with Crippen molar-refractivity contribution in [2.45, 2.75) is 45.1 Å². The summed E-state index contributed by atoms with van der Waals surface area (Å²) in [6.07, 6.45) is 3.44. The van der Waals surface area contributed by atoms with E-state index in [1.807, 2.05) is 12.1 Å². The van der Waals surface area contributed by atoms with E-state index >= 15 is 0 Å². The number of nitrogens with zero attached hydrogens (tertiary/aromatic N) is 1. The van der Waals surface area contributed by atoms with Crippen LogP contribution in [0.25, 0.3) is 0 Å². The van der Waals surface area contributed by atoms with Crippen LogP contribution in [0.3, 0.4) is 0 Å². The highest BCUT2D eigenvalue weighted by Gasteiger charge is 2.48. The summed E-state index contributed by atoms with van der Waals surface area (Å²) >= 11 is 0. The van der Waals surface area contributed by atoms with Gasteiger partial charge in [-0.3, -0.25) is 14.5 Å². The van der Waals surface area contributed by atoms with Crippen molar-refractivity contribution in [3.63, 3.8) is 0 Å². The molecule has 0 spiro atoms. The average Bonchev–Trinajstić information content (AvgIpc) is 3.01. The number of hydrogen-bond acceptors (Lipinski definition) is 3. The molecule has 0 bridgehead atoms. The largest absolute Gasteiger partial charge is 0.325 e. The quantitative estimate of drug-likeness (QED) is 0.864. The van der Waals surface area contributed by atoms with Crippen LogP contribution in [0, 0.1) is 0 Å². The second-order valence-corrected chi connectivity index (χ2v) is 6.30. The maximum Gasteiger partial charge on any atom is 0.325 e.